The van der Waals surface area contributed by atoms with E-state index >= 15 is 0 Å². The highest BCUT2D eigenvalue weighted by Gasteiger charge is 2.38. The number of anilines is 1. The van der Waals surface area contributed by atoms with Crippen LogP contribution >= 0.6 is 23.4 Å². The van der Waals surface area contributed by atoms with Crippen LogP contribution in [-0.2, 0) is 9.59 Å². The van der Waals surface area contributed by atoms with E-state index in [2.05, 4.69) is 0 Å². The summed E-state index contributed by atoms with van der Waals surface area (Å²) in [6.07, 6.45) is 1.02. The molecule has 1 heterocycles. The summed E-state index contributed by atoms with van der Waals surface area (Å²) in [4.78, 5) is 26.0. The number of thioether (sulfide) groups is 1. The summed E-state index contributed by atoms with van der Waals surface area (Å²) in [5.41, 5.74) is 6.39. The summed E-state index contributed by atoms with van der Waals surface area (Å²) in [6.45, 7) is 2.43. The fourth-order valence-electron chi connectivity index (χ4n) is 1.98. The van der Waals surface area contributed by atoms with Crippen molar-refractivity contribution in [2.24, 2.45) is 0 Å². The Balaban J connectivity index is 2.12. The molecule has 1 unspecified atom stereocenters. The third kappa shape index (κ3) is 3.04. The first kappa shape index (κ1) is 14.2. The quantitative estimate of drug-likeness (QED) is 0.685. The molecule has 1 aliphatic heterocycles. The van der Waals surface area contributed by atoms with Crippen molar-refractivity contribution in [3.8, 4) is 0 Å². The lowest BCUT2D eigenvalue weighted by molar-refractivity contribution is -0.138. The number of halogens is 1. The van der Waals surface area contributed by atoms with Gasteiger partial charge in [0.2, 0.25) is 11.8 Å². The van der Waals surface area contributed by atoms with Gasteiger partial charge in [0.05, 0.1) is 5.25 Å². The first-order valence-corrected chi connectivity index (χ1v) is 7.34. The maximum atomic E-state index is 12.1. The highest BCUT2D eigenvalue weighted by atomic mass is 35.5. The monoisotopic (exact) mass is 298 g/mol. The van der Waals surface area contributed by atoms with E-state index in [9.17, 15) is 9.59 Å². The van der Waals surface area contributed by atoms with Gasteiger partial charge in [-0.2, -0.15) is 0 Å². The van der Waals surface area contributed by atoms with Crippen LogP contribution < -0.4 is 5.73 Å². The number of imide groups is 1. The van der Waals surface area contributed by atoms with Crippen LogP contribution in [0.25, 0.3) is 0 Å². The second-order valence-electron chi connectivity index (χ2n) is 4.38. The topological polar surface area (TPSA) is 63.4 Å². The normalized spacial score (nSPS) is 19.3. The number of hydrogen-bond donors (Lipinski definition) is 1. The SMILES string of the molecule is CCCN1C(=O)CC(Sc2ccc(Cl)cc2N)C1=O. The Labute approximate surface area is 121 Å². The summed E-state index contributed by atoms with van der Waals surface area (Å²) in [6, 6.07) is 5.16. The molecule has 0 saturated carbocycles. The molecule has 0 bridgehead atoms. The van der Waals surface area contributed by atoms with Gasteiger partial charge < -0.3 is 5.73 Å². The van der Waals surface area contributed by atoms with E-state index < -0.39 is 0 Å². The van der Waals surface area contributed by atoms with Crippen LogP contribution in [0.2, 0.25) is 5.02 Å². The lowest BCUT2D eigenvalue weighted by atomic mass is 10.3. The Kier molecular flexibility index (Phi) is 4.37. The van der Waals surface area contributed by atoms with Crippen molar-refractivity contribution >= 4 is 40.9 Å². The fourth-order valence-corrected chi connectivity index (χ4v) is 3.27. The molecule has 4 nitrogen and oxygen atoms in total. The van der Waals surface area contributed by atoms with Gasteiger partial charge >= 0.3 is 0 Å². The lowest BCUT2D eigenvalue weighted by Gasteiger charge is -2.13. The molecule has 6 heteroatoms. The van der Waals surface area contributed by atoms with Crippen LogP contribution in [0.5, 0.6) is 0 Å². The van der Waals surface area contributed by atoms with Gasteiger partial charge in [0.1, 0.15) is 0 Å². The first-order chi connectivity index (χ1) is 9.02. The van der Waals surface area contributed by atoms with E-state index in [1.165, 1.54) is 16.7 Å². The minimum absolute atomic E-state index is 0.100. The maximum absolute atomic E-state index is 12.1. The maximum Gasteiger partial charge on any atom is 0.243 e. The molecule has 0 aromatic heterocycles. The van der Waals surface area contributed by atoms with Crippen molar-refractivity contribution in [1.29, 1.82) is 0 Å². The van der Waals surface area contributed by atoms with Crippen LogP contribution in [0.1, 0.15) is 19.8 Å². The molecule has 1 aromatic rings. The Morgan fingerprint density at radius 2 is 2.21 bits per heavy atom. The Bertz CT molecular complexity index is 521. The van der Waals surface area contributed by atoms with Crippen LogP contribution in [0.3, 0.4) is 0 Å². The molecule has 102 valence electrons. The molecule has 1 aromatic carbocycles. The molecule has 2 rings (SSSR count). The Morgan fingerprint density at radius 3 is 2.84 bits per heavy atom. The average Bonchev–Trinajstić information content (AvgIpc) is 2.61. The number of carbonyl (C=O) groups is 2. The number of nitrogens with two attached hydrogens (primary N) is 1. The first-order valence-electron chi connectivity index (χ1n) is 6.08. The summed E-state index contributed by atoms with van der Waals surface area (Å²) in [5, 5.41) is 0.186. The van der Waals surface area contributed by atoms with Crippen molar-refractivity contribution < 1.29 is 9.59 Å². The molecule has 19 heavy (non-hydrogen) atoms. The zero-order valence-corrected chi connectivity index (χ0v) is 12.1. The third-order valence-corrected chi connectivity index (χ3v) is 4.40. The van der Waals surface area contributed by atoms with E-state index in [-0.39, 0.29) is 23.5 Å². The highest BCUT2D eigenvalue weighted by molar-refractivity contribution is 8.00. The van der Waals surface area contributed by atoms with Crippen molar-refractivity contribution in [3.05, 3.63) is 23.2 Å². The van der Waals surface area contributed by atoms with Crippen LogP contribution in [0.4, 0.5) is 5.69 Å². The standard InChI is InChI=1S/C13H15ClN2O2S/c1-2-5-16-12(17)7-11(13(16)18)19-10-4-3-8(14)6-9(10)15/h3-4,6,11H,2,5,7,15H2,1H3. The van der Waals surface area contributed by atoms with Crippen molar-refractivity contribution in [2.75, 3.05) is 12.3 Å². The second kappa shape index (κ2) is 5.84. The van der Waals surface area contributed by atoms with Gasteiger partial charge in [0.15, 0.2) is 0 Å². The highest BCUT2D eigenvalue weighted by Crippen LogP contribution is 2.35. The molecule has 1 atom stereocenters. The number of carbonyl (C=O) groups excluding carboxylic acids is 2. The van der Waals surface area contributed by atoms with E-state index in [0.29, 0.717) is 17.3 Å². The van der Waals surface area contributed by atoms with Gasteiger partial charge in [0.25, 0.3) is 0 Å². The predicted molar refractivity (Wildman–Crippen MR) is 77.1 cm³/mol. The van der Waals surface area contributed by atoms with Crippen LogP contribution in [-0.4, -0.2) is 28.5 Å². The zero-order valence-electron chi connectivity index (χ0n) is 10.6. The second-order valence-corrected chi connectivity index (χ2v) is 6.06. The third-order valence-electron chi connectivity index (χ3n) is 2.89. The van der Waals surface area contributed by atoms with Crippen molar-refractivity contribution in [2.45, 2.75) is 29.9 Å². The number of nitrogens with zero attached hydrogens (tertiary/aromatic N) is 1. The Morgan fingerprint density at radius 1 is 1.47 bits per heavy atom. The molecule has 1 saturated heterocycles. The molecule has 0 radical (unpaired) electrons. The molecule has 1 aliphatic rings. The Hall–Kier alpha value is -1.20. The van der Waals surface area contributed by atoms with E-state index in [4.69, 9.17) is 17.3 Å². The summed E-state index contributed by atoms with van der Waals surface area (Å²) in [7, 11) is 0. The number of hydrogen-bond acceptors (Lipinski definition) is 4. The minimum Gasteiger partial charge on any atom is -0.398 e. The fraction of sp³-hybridized carbons (Fsp3) is 0.385. The van der Waals surface area contributed by atoms with Gasteiger partial charge in [-0.15, -0.1) is 11.8 Å². The van der Waals surface area contributed by atoms with Crippen molar-refractivity contribution in [3.63, 3.8) is 0 Å². The summed E-state index contributed by atoms with van der Waals surface area (Å²) in [5.74, 6) is -0.219. The van der Waals surface area contributed by atoms with Gasteiger partial charge in [-0.1, -0.05) is 18.5 Å². The molecular formula is C13H15ClN2O2S. The predicted octanol–water partition coefficient (Wildman–Crippen LogP) is 2.55. The molecular weight excluding hydrogens is 284 g/mol. The van der Waals surface area contributed by atoms with E-state index in [1.807, 2.05) is 6.92 Å². The smallest absolute Gasteiger partial charge is 0.243 e. The molecule has 2 N–H and O–H groups in total. The number of likely N-dealkylation sites (tertiary alicyclic amines) is 1. The molecule has 0 spiro atoms. The van der Waals surface area contributed by atoms with E-state index in [0.717, 1.165) is 11.3 Å². The number of benzene rings is 1. The largest absolute Gasteiger partial charge is 0.398 e. The van der Waals surface area contributed by atoms with Gasteiger partial charge in [-0.3, -0.25) is 14.5 Å². The van der Waals surface area contributed by atoms with Gasteiger partial charge in [-0.05, 0) is 24.6 Å². The molecule has 0 aliphatic carbocycles. The van der Waals surface area contributed by atoms with Gasteiger partial charge in [-0.25, -0.2) is 0 Å². The zero-order chi connectivity index (χ0) is 14.0. The van der Waals surface area contributed by atoms with Crippen LogP contribution in [0, 0.1) is 0 Å². The number of nitrogen functional groups attached to an aromatic ring is 1. The molecule has 1 fully saturated rings. The molecule has 2 amide bonds. The minimum atomic E-state index is -0.373. The van der Waals surface area contributed by atoms with Crippen molar-refractivity contribution in [1.82, 2.24) is 4.90 Å². The van der Waals surface area contributed by atoms with Gasteiger partial charge in [0, 0.05) is 28.6 Å². The summed E-state index contributed by atoms with van der Waals surface area (Å²) >= 11 is 7.16. The average molecular weight is 299 g/mol. The van der Waals surface area contributed by atoms with E-state index in [1.54, 1.807) is 18.2 Å². The lowest BCUT2D eigenvalue weighted by Crippen LogP contribution is -2.31. The number of amides is 2. The summed E-state index contributed by atoms with van der Waals surface area (Å²) < 4.78 is 0. The number of rotatable bonds is 4. The van der Waals surface area contributed by atoms with Crippen LogP contribution in [0.15, 0.2) is 23.1 Å².